The fourth-order valence-electron chi connectivity index (χ4n) is 5.14. The highest BCUT2D eigenvalue weighted by atomic mass is 32.1. The molecule has 3 N–H and O–H groups in total. The number of pyridine rings is 1. The standard InChI is InChI=1S/C30H27N5O5S/c1-18-16-21(40-20-6-3-2-4-7-20)9-10-22(18)35-23-11-13-31-29-25(23)26(33-30(35)39)27(41-29)28(38)32-19-12-14-34(17-19)24(37)8-5-15-36/h2-11,13,16,19,36H,12,14-15,17H2,1H3,(H,32,38)(H,33,39)/b8-5+/t19-/m1/s1. The molecule has 0 radical (unpaired) electrons. The highest BCUT2D eigenvalue weighted by Crippen LogP contribution is 2.46. The Hall–Kier alpha value is -4.74. The van der Waals surface area contributed by atoms with Crippen molar-refractivity contribution in [2.75, 3.05) is 29.9 Å². The summed E-state index contributed by atoms with van der Waals surface area (Å²) in [6.45, 7) is 2.58. The van der Waals surface area contributed by atoms with Gasteiger partial charge in [0.1, 0.15) is 21.2 Å². The zero-order valence-electron chi connectivity index (χ0n) is 22.2. The van der Waals surface area contributed by atoms with Gasteiger partial charge in [0.2, 0.25) is 5.91 Å². The number of nitrogens with one attached hydrogen (secondary N) is 2. The van der Waals surface area contributed by atoms with Crippen LogP contribution in [0.2, 0.25) is 0 Å². The number of amides is 4. The largest absolute Gasteiger partial charge is 0.457 e. The van der Waals surface area contributed by atoms with Crippen LogP contribution in [0.5, 0.6) is 11.5 Å². The summed E-state index contributed by atoms with van der Waals surface area (Å²) in [5.41, 5.74) is 2.59. The number of aliphatic hydroxyl groups excluding tert-OH is 1. The Morgan fingerprint density at radius 3 is 2.78 bits per heavy atom. The van der Waals surface area contributed by atoms with Crippen molar-refractivity contribution in [2.45, 2.75) is 19.4 Å². The van der Waals surface area contributed by atoms with Gasteiger partial charge in [-0.15, -0.1) is 11.3 Å². The highest BCUT2D eigenvalue weighted by Gasteiger charge is 2.34. The van der Waals surface area contributed by atoms with Crippen molar-refractivity contribution in [3.8, 4) is 11.5 Å². The third kappa shape index (κ3) is 5.12. The fraction of sp³-hybridized carbons (Fsp3) is 0.200. The van der Waals surface area contributed by atoms with E-state index in [9.17, 15) is 14.4 Å². The molecule has 0 spiro atoms. The lowest BCUT2D eigenvalue weighted by atomic mass is 10.1. The van der Waals surface area contributed by atoms with Gasteiger partial charge in [0.05, 0.1) is 29.1 Å². The van der Waals surface area contributed by atoms with E-state index in [2.05, 4.69) is 15.6 Å². The van der Waals surface area contributed by atoms with Gasteiger partial charge in [-0.05, 0) is 55.3 Å². The quantitative estimate of drug-likeness (QED) is 0.270. The highest BCUT2D eigenvalue weighted by molar-refractivity contribution is 7.21. The lowest BCUT2D eigenvalue weighted by molar-refractivity contribution is -0.125. The number of aliphatic hydroxyl groups is 1. The molecule has 11 heteroatoms. The normalized spacial score (nSPS) is 16.3. The van der Waals surface area contributed by atoms with Gasteiger partial charge in [-0.25, -0.2) is 9.78 Å². The van der Waals surface area contributed by atoms with Crippen LogP contribution >= 0.6 is 11.3 Å². The summed E-state index contributed by atoms with van der Waals surface area (Å²) in [6.07, 6.45) is 4.97. The molecule has 1 atom stereocenters. The number of hydrogen-bond donors (Lipinski definition) is 3. The first kappa shape index (κ1) is 26.5. The molecule has 4 heterocycles. The van der Waals surface area contributed by atoms with Gasteiger partial charge in [-0.1, -0.05) is 24.3 Å². The van der Waals surface area contributed by atoms with E-state index < -0.39 is 0 Å². The van der Waals surface area contributed by atoms with Gasteiger partial charge in [-0.3, -0.25) is 14.5 Å². The number of nitrogens with zero attached hydrogens (tertiary/aromatic N) is 3. The molecule has 2 aromatic carbocycles. The minimum atomic E-state index is -0.384. The molecule has 2 aliphatic heterocycles. The van der Waals surface area contributed by atoms with Crippen LogP contribution in [0.4, 0.5) is 21.9 Å². The second kappa shape index (κ2) is 11.0. The SMILES string of the molecule is Cc1cc(Oc2ccccc2)ccc1N1C(=O)Nc2c(C(=O)N[C@@H]3CCN(C(=O)/C=C/CO)C3)sc3nccc1c23. The van der Waals surface area contributed by atoms with Gasteiger partial charge in [-0.2, -0.15) is 0 Å². The number of para-hydroxylation sites is 1. The molecule has 2 aromatic heterocycles. The van der Waals surface area contributed by atoms with Crippen LogP contribution in [0.3, 0.4) is 0 Å². The van der Waals surface area contributed by atoms with Gasteiger partial charge >= 0.3 is 6.03 Å². The molecule has 4 amide bonds. The van der Waals surface area contributed by atoms with Gasteiger partial charge in [0.15, 0.2) is 0 Å². The fourth-order valence-corrected chi connectivity index (χ4v) is 6.16. The van der Waals surface area contributed by atoms with E-state index in [1.165, 1.54) is 23.5 Å². The molecule has 0 aliphatic carbocycles. The van der Waals surface area contributed by atoms with Crippen molar-refractivity contribution in [2.24, 2.45) is 0 Å². The van der Waals surface area contributed by atoms with E-state index in [1.807, 2.05) is 55.5 Å². The van der Waals surface area contributed by atoms with Crippen LogP contribution < -0.4 is 20.3 Å². The maximum Gasteiger partial charge on any atom is 0.331 e. The number of likely N-dealkylation sites (tertiary alicyclic amines) is 1. The third-order valence-electron chi connectivity index (χ3n) is 7.04. The maximum absolute atomic E-state index is 13.5. The Morgan fingerprint density at radius 2 is 2.00 bits per heavy atom. The zero-order chi connectivity index (χ0) is 28.5. The van der Waals surface area contributed by atoms with E-state index >= 15 is 0 Å². The second-order valence-electron chi connectivity index (χ2n) is 9.77. The molecule has 6 rings (SSSR count). The van der Waals surface area contributed by atoms with Crippen LogP contribution in [0.1, 0.15) is 21.7 Å². The van der Waals surface area contributed by atoms with Crippen molar-refractivity contribution < 1.29 is 24.2 Å². The number of thiophene rings is 1. The molecule has 0 unspecified atom stereocenters. The van der Waals surface area contributed by atoms with E-state index in [0.717, 1.165) is 11.3 Å². The average Bonchev–Trinajstić information content (AvgIpc) is 3.59. The number of anilines is 3. The van der Waals surface area contributed by atoms with E-state index in [4.69, 9.17) is 9.84 Å². The Labute approximate surface area is 239 Å². The van der Waals surface area contributed by atoms with Crippen LogP contribution in [0.25, 0.3) is 10.2 Å². The Kier molecular flexibility index (Phi) is 7.12. The predicted octanol–water partition coefficient (Wildman–Crippen LogP) is 4.96. The molecule has 1 saturated heterocycles. The maximum atomic E-state index is 13.5. The Bertz CT molecular complexity index is 1690. The third-order valence-corrected chi connectivity index (χ3v) is 8.14. The summed E-state index contributed by atoms with van der Waals surface area (Å²) in [6, 6.07) is 16.2. The first-order valence-electron chi connectivity index (χ1n) is 13.2. The monoisotopic (exact) mass is 569 g/mol. The van der Waals surface area contributed by atoms with Crippen LogP contribution in [-0.2, 0) is 4.79 Å². The topological polar surface area (TPSA) is 124 Å². The minimum Gasteiger partial charge on any atom is -0.457 e. The summed E-state index contributed by atoms with van der Waals surface area (Å²) in [7, 11) is 0. The average molecular weight is 570 g/mol. The first-order chi connectivity index (χ1) is 19.9. The van der Waals surface area contributed by atoms with Gasteiger partial charge < -0.3 is 25.4 Å². The molecular formula is C30H27N5O5S. The number of benzene rings is 2. The summed E-state index contributed by atoms with van der Waals surface area (Å²) in [5.74, 6) is 0.840. The predicted molar refractivity (Wildman–Crippen MR) is 157 cm³/mol. The van der Waals surface area contributed by atoms with Crippen molar-refractivity contribution in [1.29, 1.82) is 0 Å². The summed E-state index contributed by atoms with van der Waals surface area (Å²) in [4.78, 5) is 47.8. The van der Waals surface area contributed by atoms with Crippen LogP contribution in [0, 0.1) is 6.92 Å². The Balaban J connectivity index is 1.26. The molecule has 4 aromatic rings. The minimum absolute atomic E-state index is 0.205. The second-order valence-corrected chi connectivity index (χ2v) is 10.8. The number of ether oxygens (including phenoxy) is 1. The summed E-state index contributed by atoms with van der Waals surface area (Å²) >= 11 is 1.22. The molecule has 1 fully saturated rings. The smallest absolute Gasteiger partial charge is 0.331 e. The number of carbonyl (C=O) groups is 3. The van der Waals surface area contributed by atoms with Gasteiger partial charge in [0, 0.05) is 31.4 Å². The molecule has 208 valence electrons. The van der Waals surface area contributed by atoms with E-state index in [0.29, 0.717) is 57.4 Å². The molecular weight excluding hydrogens is 542 g/mol. The van der Waals surface area contributed by atoms with Crippen molar-refractivity contribution >= 4 is 56.5 Å². The lowest BCUT2D eigenvalue weighted by Crippen LogP contribution is -2.39. The van der Waals surface area contributed by atoms with Crippen LogP contribution in [-0.4, -0.2) is 58.6 Å². The first-order valence-corrected chi connectivity index (χ1v) is 14.0. The summed E-state index contributed by atoms with van der Waals surface area (Å²) in [5, 5.41) is 15.5. The van der Waals surface area contributed by atoms with E-state index in [-0.39, 0.29) is 30.5 Å². The molecule has 10 nitrogen and oxygen atoms in total. The zero-order valence-corrected chi connectivity index (χ0v) is 23.0. The number of carbonyl (C=O) groups excluding carboxylic acids is 3. The van der Waals surface area contributed by atoms with E-state index in [1.54, 1.807) is 22.1 Å². The molecule has 41 heavy (non-hydrogen) atoms. The Morgan fingerprint density at radius 1 is 1.17 bits per heavy atom. The van der Waals surface area contributed by atoms with Gasteiger partial charge in [0.25, 0.3) is 5.91 Å². The van der Waals surface area contributed by atoms with Crippen molar-refractivity contribution in [1.82, 2.24) is 15.2 Å². The molecule has 0 bridgehead atoms. The lowest BCUT2D eigenvalue weighted by Gasteiger charge is -2.29. The van der Waals surface area contributed by atoms with Crippen LogP contribution in [0.15, 0.2) is 72.9 Å². The molecule has 0 saturated carbocycles. The molecule has 2 aliphatic rings. The number of rotatable bonds is 7. The number of hydrogen-bond acceptors (Lipinski definition) is 7. The number of aryl methyl sites for hydroxylation is 1. The van der Waals surface area contributed by atoms with Crippen molar-refractivity contribution in [3.05, 3.63) is 83.4 Å². The summed E-state index contributed by atoms with van der Waals surface area (Å²) < 4.78 is 5.96. The number of aromatic nitrogens is 1. The van der Waals surface area contributed by atoms with Crippen molar-refractivity contribution in [3.63, 3.8) is 0 Å². The number of urea groups is 1.